The van der Waals surface area contributed by atoms with Gasteiger partial charge in [0.1, 0.15) is 0 Å². The van der Waals surface area contributed by atoms with Crippen molar-refractivity contribution >= 4 is 26.1 Å². The largest absolute Gasteiger partial charge is 0.469 e. The average molecular weight is 176 g/mol. The molecule has 0 saturated heterocycles. The van der Waals surface area contributed by atoms with Gasteiger partial charge in [-0.1, -0.05) is 0 Å². The average Bonchev–Trinajstić information content (AvgIpc) is 2.05. The van der Waals surface area contributed by atoms with Gasteiger partial charge in [-0.05, 0) is 5.75 Å². The fourth-order valence-corrected chi connectivity index (χ4v) is 0.731. The summed E-state index contributed by atoms with van der Waals surface area (Å²) in [4.78, 5) is 10.8. The van der Waals surface area contributed by atoms with E-state index in [0.29, 0.717) is 5.75 Å². The summed E-state index contributed by atoms with van der Waals surface area (Å²) < 4.78 is 9.17. The summed E-state index contributed by atoms with van der Waals surface area (Å²) in [5, 5.41) is 0. The maximum atomic E-state index is 10.8. The van der Waals surface area contributed by atoms with Crippen molar-refractivity contribution in [1.82, 2.24) is 0 Å². The quantitative estimate of drug-likeness (QED) is 0.255. The topological polar surface area (TPSA) is 61.5 Å². The third kappa shape index (κ3) is 4.29. The maximum Gasteiger partial charge on any atom is 0.310 e. The first-order valence-corrected chi connectivity index (χ1v) is 3.73. The van der Waals surface area contributed by atoms with Gasteiger partial charge < -0.3 is 15.1 Å². The third-order valence-electron chi connectivity index (χ3n) is 1.06. The Labute approximate surface area is 72.1 Å². The first kappa shape index (κ1) is 10.8. The lowest BCUT2D eigenvalue weighted by atomic mass is 9.82. The monoisotopic (exact) mass is 176 g/mol. The molecule has 11 heavy (non-hydrogen) atoms. The van der Waals surface area contributed by atoms with Crippen LogP contribution in [0.3, 0.4) is 0 Å². The van der Waals surface area contributed by atoms with E-state index in [1.54, 1.807) is 0 Å². The number of nitrogens with two attached hydrogens (primary N) is 1. The lowest BCUT2D eigenvalue weighted by molar-refractivity contribution is -0.140. The minimum Gasteiger partial charge on any atom is -0.469 e. The van der Waals surface area contributed by atoms with E-state index < -0.39 is 5.82 Å². The van der Waals surface area contributed by atoms with E-state index in [9.17, 15) is 4.79 Å². The van der Waals surface area contributed by atoms with E-state index in [-0.39, 0.29) is 12.7 Å². The molecule has 0 aromatic rings. The van der Waals surface area contributed by atoms with Crippen molar-refractivity contribution in [2.75, 3.05) is 19.6 Å². The summed E-state index contributed by atoms with van der Waals surface area (Å²) in [5.74, 6) is -0.451. The molecule has 0 bridgehead atoms. The molecule has 0 heterocycles. The maximum absolute atomic E-state index is 10.8. The van der Waals surface area contributed by atoms with Crippen molar-refractivity contribution in [3.05, 3.63) is 0 Å². The Kier molecular flexibility index (Phi) is 6.40. The van der Waals surface area contributed by atoms with E-state index in [0.717, 1.165) is 0 Å². The summed E-state index contributed by atoms with van der Waals surface area (Å²) in [6.07, 6.45) is 0. The molecule has 63 valence electrons. The van der Waals surface area contributed by atoms with Crippen molar-refractivity contribution < 1.29 is 14.2 Å². The van der Waals surface area contributed by atoms with E-state index in [1.807, 2.05) is 0 Å². The second-order valence-corrected chi connectivity index (χ2v) is 2.15. The van der Waals surface area contributed by atoms with Crippen LogP contribution in [0.15, 0.2) is 0 Å². The molecule has 0 aromatic heterocycles. The highest BCUT2D eigenvalue weighted by molar-refractivity contribution is 7.80. The molecule has 0 saturated carbocycles. The molecule has 1 radical (unpaired) electrons. The molecule has 1 unspecified atom stereocenters. The van der Waals surface area contributed by atoms with Gasteiger partial charge in [0.15, 0.2) is 0 Å². The fourth-order valence-electron chi connectivity index (χ4n) is 0.496. The Bertz CT molecular complexity index is 124. The van der Waals surface area contributed by atoms with Crippen LogP contribution in [-0.2, 0) is 14.2 Å². The Balaban J connectivity index is 3.65. The van der Waals surface area contributed by atoms with Crippen LogP contribution >= 0.6 is 12.6 Å². The van der Waals surface area contributed by atoms with Gasteiger partial charge in [0, 0.05) is 0 Å². The second-order valence-electron chi connectivity index (χ2n) is 1.78. The standard InChI is InChI=1S/C5H11BNO3S/c1-9-5(8)4(2-11)6-10-3-7/h4,11H,2-3,7H2,1H3. The molecular weight excluding hydrogens is 165 g/mol. The summed E-state index contributed by atoms with van der Waals surface area (Å²) in [6.45, 7) is 0.0568. The third-order valence-corrected chi connectivity index (χ3v) is 1.45. The molecule has 0 aliphatic heterocycles. The lowest BCUT2D eigenvalue weighted by Gasteiger charge is -2.08. The van der Waals surface area contributed by atoms with E-state index in [4.69, 9.17) is 10.4 Å². The van der Waals surface area contributed by atoms with Gasteiger partial charge in [-0.25, -0.2) is 0 Å². The number of thiol groups is 1. The van der Waals surface area contributed by atoms with Crippen LogP contribution < -0.4 is 5.73 Å². The van der Waals surface area contributed by atoms with Gasteiger partial charge >= 0.3 is 13.5 Å². The molecular formula is C5H11BNO3S. The molecule has 0 spiro atoms. The molecule has 0 aromatic carbocycles. The number of rotatable bonds is 5. The molecule has 6 heteroatoms. The highest BCUT2D eigenvalue weighted by Gasteiger charge is 2.19. The van der Waals surface area contributed by atoms with E-state index in [2.05, 4.69) is 17.4 Å². The van der Waals surface area contributed by atoms with Crippen LogP contribution in [0.1, 0.15) is 0 Å². The van der Waals surface area contributed by atoms with Crippen molar-refractivity contribution in [2.24, 2.45) is 5.73 Å². The molecule has 2 N–H and O–H groups in total. The lowest BCUT2D eigenvalue weighted by Crippen LogP contribution is -2.22. The van der Waals surface area contributed by atoms with Crippen LogP contribution in [0.4, 0.5) is 0 Å². The highest BCUT2D eigenvalue weighted by Crippen LogP contribution is 2.07. The molecule has 4 nitrogen and oxygen atoms in total. The number of hydrogen-bond acceptors (Lipinski definition) is 5. The van der Waals surface area contributed by atoms with Crippen LogP contribution in [0.2, 0.25) is 5.82 Å². The number of ether oxygens (including phenoxy) is 1. The molecule has 0 aliphatic carbocycles. The van der Waals surface area contributed by atoms with Crippen molar-refractivity contribution in [1.29, 1.82) is 0 Å². The van der Waals surface area contributed by atoms with Crippen LogP contribution in [0.25, 0.3) is 0 Å². The highest BCUT2D eigenvalue weighted by atomic mass is 32.1. The number of hydrogen-bond donors (Lipinski definition) is 2. The van der Waals surface area contributed by atoms with Gasteiger partial charge in [-0.15, -0.1) is 0 Å². The Morgan fingerprint density at radius 1 is 1.82 bits per heavy atom. The predicted octanol–water partition coefficient (Wildman–Crippen LogP) is -0.570. The van der Waals surface area contributed by atoms with Gasteiger partial charge in [-0.2, -0.15) is 12.6 Å². The second kappa shape index (κ2) is 6.51. The van der Waals surface area contributed by atoms with Crippen LogP contribution in [-0.4, -0.2) is 33.0 Å². The van der Waals surface area contributed by atoms with Crippen LogP contribution in [0.5, 0.6) is 0 Å². The number of carbonyl (C=O) groups is 1. The van der Waals surface area contributed by atoms with Crippen LogP contribution in [0, 0.1) is 0 Å². The number of esters is 1. The number of methoxy groups -OCH3 is 1. The predicted molar refractivity (Wildman–Crippen MR) is 45.5 cm³/mol. The van der Waals surface area contributed by atoms with Crippen molar-refractivity contribution in [2.45, 2.75) is 5.82 Å². The van der Waals surface area contributed by atoms with E-state index in [1.165, 1.54) is 14.6 Å². The zero-order valence-electron chi connectivity index (χ0n) is 6.32. The fraction of sp³-hybridized carbons (Fsp3) is 0.800. The Hall–Kier alpha value is -0.195. The molecule has 0 aliphatic rings. The minimum atomic E-state index is -0.438. The molecule has 1 atom stereocenters. The van der Waals surface area contributed by atoms with Crippen molar-refractivity contribution in [3.63, 3.8) is 0 Å². The van der Waals surface area contributed by atoms with Gasteiger partial charge in [0.05, 0.1) is 19.7 Å². The van der Waals surface area contributed by atoms with Gasteiger partial charge in [-0.3, -0.25) is 4.79 Å². The zero-order valence-corrected chi connectivity index (χ0v) is 7.21. The van der Waals surface area contributed by atoms with Crippen molar-refractivity contribution in [3.8, 4) is 0 Å². The normalized spacial score (nSPS) is 12.3. The summed E-state index contributed by atoms with van der Waals surface area (Å²) >= 11 is 3.93. The summed E-state index contributed by atoms with van der Waals surface area (Å²) in [5.41, 5.74) is 5.04. The van der Waals surface area contributed by atoms with E-state index >= 15 is 0 Å². The first-order chi connectivity index (χ1) is 5.26. The first-order valence-electron chi connectivity index (χ1n) is 3.10. The Morgan fingerprint density at radius 3 is 2.82 bits per heavy atom. The SMILES string of the molecule is COC(=O)C([B]OCN)CS. The van der Waals surface area contributed by atoms with Gasteiger partial charge in [0.2, 0.25) is 0 Å². The summed E-state index contributed by atoms with van der Waals surface area (Å²) in [6, 6.07) is 0. The zero-order chi connectivity index (χ0) is 8.69. The molecule has 0 fully saturated rings. The smallest absolute Gasteiger partial charge is 0.310 e. The minimum absolute atomic E-state index is 0.0568. The number of carbonyl (C=O) groups excluding carboxylic acids is 1. The molecule has 0 amide bonds. The summed E-state index contributed by atoms with van der Waals surface area (Å²) in [7, 11) is 2.65. The van der Waals surface area contributed by atoms with Gasteiger partial charge in [0.25, 0.3) is 0 Å². The molecule has 0 rings (SSSR count). The Morgan fingerprint density at radius 2 is 2.45 bits per heavy atom.